The zero-order valence-corrected chi connectivity index (χ0v) is 45.1. The molecule has 7 rings (SSSR count). The fourth-order valence-corrected chi connectivity index (χ4v) is 10.5. The molecule has 20 atom stereocenters. The van der Waals surface area contributed by atoms with Gasteiger partial charge in [-0.25, -0.2) is 0 Å². The number of aliphatic imine (C=N–C) groups is 2. The number of ether oxygens (including phenoxy) is 6. The second-order valence-electron chi connectivity index (χ2n) is 17.4. The summed E-state index contributed by atoms with van der Waals surface area (Å²) >= 11 is 2.08. The summed E-state index contributed by atoms with van der Waals surface area (Å²) in [6.07, 6.45) is -25.8. The molecule has 0 saturated carbocycles. The van der Waals surface area contributed by atoms with E-state index in [1.165, 1.54) is 24.6 Å². The number of thioether (sulfide) groups is 2. The molecule has 29 heteroatoms. The maximum absolute atomic E-state index is 12.9. The molecule has 0 unspecified atom stereocenters. The predicted molar refractivity (Wildman–Crippen MR) is 249 cm³/mol. The van der Waals surface area contributed by atoms with E-state index in [4.69, 9.17) is 28.4 Å². The fraction of sp³-hybridized carbons (Fsp3) is 0.565. The molecule has 3 aromatic carbocycles. The predicted octanol–water partition coefficient (Wildman–Crippen LogP) is -5.19. The van der Waals surface area contributed by atoms with Gasteiger partial charge in [0.2, 0.25) is 0 Å². The van der Waals surface area contributed by atoms with E-state index in [-0.39, 0.29) is 76.2 Å². The summed E-state index contributed by atoms with van der Waals surface area (Å²) in [4.78, 5) is 8.99. The van der Waals surface area contributed by atoms with Crippen LogP contribution in [-0.2, 0) is 50.9 Å². The third-order valence-corrected chi connectivity index (χ3v) is 14.9. The number of hydrogen-bond acceptors (Lipinski definition) is 26. The van der Waals surface area contributed by atoms with Crippen LogP contribution in [0.5, 0.6) is 11.5 Å². The number of benzene rings is 3. The summed E-state index contributed by atoms with van der Waals surface area (Å²) in [6.45, 7) is -2.86. The number of aliphatic hydroxyl groups is 14. The Morgan fingerprint density at radius 2 is 0.827 bits per heavy atom. The van der Waals surface area contributed by atoms with E-state index in [9.17, 15) is 81.7 Å². The van der Waals surface area contributed by atoms with Crippen molar-refractivity contribution >= 4 is 47.3 Å². The van der Waals surface area contributed by atoms with Crippen LogP contribution in [0.3, 0.4) is 0 Å². The zero-order valence-electron chi connectivity index (χ0n) is 39.3. The number of hydrogen-bond donors (Lipinski definition) is 14. The van der Waals surface area contributed by atoms with Crippen LogP contribution >= 0.6 is 23.5 Å². The van der Waals surface area contributed by atoms with Crippen LogP contribution in [0.1, 0.15) is 22.3 Å². The minimum atomic E-state index is -1.81. The first kappa shape index (κ1) is 65.0. The Hall–Kier alpha value is -2.53. The molecule has 0 spiro atoms. The van der Waals surface area contributed by atoms with Crippen molar-refractivity contribution in [2.75, 3.05) is 26.4 Å². The van der Waals surface area contributed by atoms with E-state index < -0.39 is 148 Å². The van der Waals surface area contributed by atoms with Gasteiger partial charge in [0.1, 0.15) is 109 Å². The molecular formula is C46H58N2O24S2U-6. The van der Waals surface area contributed by atoms with Gasteiger partial charge in [-0.2, -0.15) is 0 Å². The van der Waals surface area contributed by atoms with Crippen LogP contribution in [0, 0.1) is 31.1 Å². The van der Waals surface area contributed by atoms with Crippen molar-refractivity contribution in [3.05, 3.63) is 82.9 Å². The smallest absolute Gasteiger partial charge is 0.187 e. The molecule has 4 aliphatic heterocycles. The third kappa shape index (κ3) is 15.2. The van der Waals surface area contributed by atoms with Gasteiger partial charge in [-0.15, -0.1) is 35.0 Å². The van der Waals surface area contributed by atoms with Crippen molar-refractivity contribution in [2.45, 2.75) is 133 Å². The number of nitrogens with zero attached hydrogens (tertiary/aromatic N) is 2. The summed E-state index contributed by atoms with van der Waals surface area (Å²) in [5.41, 5.74) is 0.00658. The molecule has 14 N–H and O–H groups in total. The summed E-state index contributed by atoms with van der Waals surface area (Å²) in [5, 5.41) is 170. The Kier molecular flexibility index (Phi) is 25.7. The molecule has 26 nitrogen and oxygen atoms in total. The van der Waals surface area contributed by atoms with Crippen molar-refractivity contribution in [3.8, 4) is 11.5 Å². The van der Waals surface area contributed by atoms with Crippen molar-refractivity contribution in [1.29, 1.82) is 0 Å². The molecular weight excluding hydrogens is 1270 g/mol. The first-order chi connectivity index (χ1) is 34.5. The van der Waals surface area contributed by atoms with E-state index in [2.05, 4.69) is 9.98 Å². The largest absolute Gasteiger partial charge is 2.00 e. The quantitative estimate of drug-likeness (QED) is 0.0530. The zero-order chi connectivity index (χ0) is 52.0. The average molecular weight is 1330 g/mol. The van der Waals surface area contributed by atoms with E-state index >= 15 is 0 Å². The maximum atomic E-state index is 12.9. The topological polar surface area (TPSA) is 466 Å². The Bertz CT molecular complexity index is 2140. The minimum Gasteiger partial charge on any atom is -2.00 e. The van der Waals surface area contributed by atoms with Crippen molar-refractivity contribution in [1.82, 2.24) is 0 Å². The minimum absolute atomic E-state index is 0. The van der Waals surface area contributed by atoms with E-state index in [0.29, 0.717) is 22.5 Å². The molecule has 4 saturated heterocycles. The van der Waals surface area contributed by atoms with E-state index in [1.54, 1.807) is 48.5 Å². The molecule has 0 aliphatic carbocycles. The van der Waals surface area contributed by atoms with Gasteiger partial charge in [0.25, 0.3) is 0 Å². The second-order valence-corrected chi connectivity index (χ2v) is 19.6. The summed E-state index contributed by atoms with van der Waals surface area (Å²) in [5.74, 6) is -0.451. The second kappa shape index (κ2) is 29.6. The van der Waals surface area contributed by atoms with Crippen LogP contribution in [-0.4, -0.2) is 231 Å². The summed E-state index contributed by atoms with van der Waals surface area (Å²) in [6, 6.07) is 15.6. The monoisotopic (exact) mass is 1320 g/mol. The number of aliphatic hydroxyl groups excluding tert-OH is 14. The van der Waals surface area contributed by atoms with E-state index in [0.717, 1.165) is 23.5 Å². The van der Waals surface area contributed by atoms with Gasteiger partial charge < -0.3 is 121 Å². The summed E-state index contributed by atoms with van der Waals surface area (Å²) < 4.78 is 33.7. The molecule has 4 heterocycles. The van der Waals surface area contributed by atoms with Crippen LogP contribution in [0.4, 0.5) is 11.4 Å². The SMILES string of the molecule is [O-2].[O-2].[O-]c1ccc(CS[C@@H]2O[C@H](CO)[C@@H](O[C@@H]3O[C@H](CO)[C@H](O)[C@H](O)[C@H]3O)[C@H](O)[C@H]2O)cc1C=Nc1ccccc1N=Cc1cc(CS[C@@H]2O[C@H](CO)[C@@H](O[C@@H]3O[C@H](CO)[C@H](O)[C@H](O)[C@H]3O)[C@H](O)[C@H]2O)ccc1[O-].[U]. The molecule has 418 valence electrons. The molecule has 4 aliphatic rings. The van der Waals surface area contributed by atoms with Crippen molar-refractivity contribution in [2.24, 2.45) is 9.98 Å². The Morgan fingerprint density at radius 1 is 0.467 bits per heavy atom. The molecule has 0 radical (unpaired) electrons. The molecule has 0 amide bonds. The van der Waals surface area contributed by atoms with Gasteiger partial charge in [0.15, 0.2) is 12.6 Å². The number of para-hydroxylation sites is 2. The van der Waals surface area contributed by atoms with Crippen molar-refractivity contribution in [3.63, 3.8) is 0 Å². The van der Waals surface area contributed by atoms with Gasteiger partial charge in [-0.3, -0.25) is 9.98 Å². The standard InChI is InChI=1S/C46H60N2O22S2.2O.U/c49-13-27-31(55)33(57)37(61)43(65-27)69-41-29(15-51)67-45(39(63)35(41)59)71-17-19-5-7-25(53)21(9-19)11-47-23-3-1-2-4-24(23)48-12-22-10-20(6-8-26(22)54)18-72-46-40(64)36(60)42(30(16-52)68-46)70-44-38(62)34(58)32(56)28(14-50)66-44;;;/h1-12,27-46,49-64H,13-18H2;;;/q;2*-2;/p-2/t27-,28-,29-,30-,31+,32+,33+,34+,35-,36-,37-,38-,39-,40-,41-,42-,43+,44+,45+,46+;;;/m1.../s1. The molecule has 0 aromatic heterocycles. The van der Waals surface area contributed by atoms with Gasteiger partial charge in [-0.1, -0.05) is 36.4 Å². The fourth-order valence-electron chi connectivity index (χ4n) is 8.28. The van der Waals surface area contributed by atoms with Crippen LogP contribution in [0.15, 0.2) is 70.6 Å². The van der Waals surface area contributed by atoms with Gasteiger partial charge in [0, 0.05) is 55.0 Å². The van der Waals surface area contributed by atoms with Gasteiger partial charge >= 0.3 is 0 Å². The summed E-state index contributed by atoms with van der Waals surface area (Å²) in [7, 11) is 0. The van der Waals surface area contributed by atoms with Gasteiger partial charge in [-0.05, 0) is 46.5 Å². The van der Waals surface area contributed by atoms with Crippen molar-refractivity contribution < 1.29 is 152 Å². The van der Waals surface area contributed by atoms with Crippen LogP contribution in [0.25, 0.3) is 0 Å². The number of rotatable bonds is 18. The maximum Gasteiger partial charge on any atom is 0.187 e. The first-order valence-electron chi connectivity index (χ1n) is 22.7. The van der Waals surface area contributed by atoms with E-state index in [1.807, 2.05) is 0 Å². The normalized spacial score (nSPS) is 36.1. The Labute approximate surface area is 460 Å². The Balaban J connectivity index is 0.00000406. The molecule has 0 bridgehead atoms. The van der Waals surface area contributed by atoms with Gasteiger partial charge in [0.05, 0.1) is 37.8 Å². The molecule has 4 fully saturated rings. The molecule has 3 aromatic rings. The van der Waals surface area contributed by atoms with Crippen LogP contribution < -0.4 is 10.2 Å². The Morgan fingerprint density at radius 3 is 1.17 bits per heavy atom. The average Bonchev–Trinajstić information content (AvgIpc) is 3.38. The third-order valence-electron chi connectivity index (χ3n) is 12.5. The van der Waals surface area contributed by atoms with Crippen LogP contribution in [0.2, 0.25) is 0 Å². The molecule has 75 heavy (non-hydrogen) atoms. The first-order valence-corrected chi connectivity index (χ1v) is 24.7.